The predicted octanol–water partition coefficient (Wildman–Crippen LogP) is -0.330. The van der Waals surface area contributed by atoms with Crippen LogP contribution in [0.4, 0.5) is 0 Å². The van der Waals surface area contributed by atoms with Crippen molar-refractivity contribution in [3.63, 3.8) is 0 Å². The number of morpholine rings is 1. The minimum Gasteiger partial charge on any atom is -0.378 e. The number of nitrogens with one attached hydrogen (secondary N) is 1. The summed E-state index contributed by atoms with van der Waals surface area (Å²) in [6.07, 6.45) is 0.340. The maximum atomic E-state index is 11.6. The van der Waals surface area contributed by atoms with E-state index in [1.807, 2.05) is 0 Å². The Morgan fingerprint density at radius 3 is 2.62 bits per heavy atom. The Kier molecular flexibility index (Phi) is 5.62. The lowest BCUT2D eigenvalue weighted by Crippen LogP contribution is -2.42. The highest BCUT2D eigenvalue weighted by atomic mass is 32.1. The molecule has 0 radical (unpaired) electrons. The summed E-state index contributed by atoms with van der Waals surface area (Å²) in [5, 5.41) is 2.32. The lowest BCUT2D eigenvalue weighted by molar-refractivity contribution is -0.135. The molecular weight excluding hydrogens is 228 g/mol. The average Bonchev–Trinajstić information content (AvgIpc) is 2.29. The van der Waals surface area contributed by atoms with Crippen molar-refractivity contribution in [2.45, 2.75) is 18.6 Å². The highest BCUT2D eigenvalue weighted by Crippen LogP contribution is 1.99. The van der Waals surface area contributed by atoms with Crippen LogP contribution in [-0.2, 0) is 14.3 Å². The Labute approximate surface area is 101 Å². The number of ether oxygens (including phenoxy) is 1. The molecule has 0 aliphatic carbocycles. The van der Waals surface area contributed by atoms with Crippen LogP contribution in [0.5, 0.6) is 0 Å². The van der Waals surface area contributed by atoms with E-state index in [1.165, 1.54) is 0 Å². The highest BCUT2D eigenvalue weighted by Gasteiger charge is 2.16. The maximum Gasteiger partial charge on any atom is 0.232 e. The fourth-order valence-corrected chi connectivity index (χ4v) is 1.50. The number of carbonyl (C=O) groups is 2. The zero-order valence-corrected chi connectivity index (χ0v) is 10.3. The molecule has 92 valence electrons. The highest BCUT2D eigenvalue weighted by molar-refractivity contribution is 7.81. The van der Waals surface area contributed by atoms with Crippen LogP contribution in [0.2, 0.25) is 0 Å². The zero-order chi connectivity index (χ0) is 12.0. The Bertz CT molecular complexity index is 252. The number of carbonyl (C=O) groups excluding carboxylic acids is 2. The Hall–Kier alpha value is -0.750. The molecule has 0 aromatic rings. The zero-order valence-electron chi connectivity index (χ0n) is 9.44. The van der Waals surface area contributed by atoms with Crippen molar-refractivity contribution >= 4 is 24.4 Å². The summed E-state index contributed by atoms with van der Waals surface area (Å²) in [6, 6.07) is 0. The van der Waals surface area contributed by atoms with Gasteiger partial charge in [-0.2, -0.15) is 12.6 Å². The first kappa shape index (κ1) is 13.3. The van der Waals surface area contributed by atoms with Crippen molar-refractivity contribution in [1.82, 2.24) is 10.2 Å². The SMILES string of the molecule is CC(S)C(=O)NCCC(=O)N1CCOCC1. The van der Waals surface area contributed by atoms with Gasteiger partial charge < -0.3 is 15.0 Å². The maximum absolute atomic E-state index is 11.6. The van der Waals surface area contributed by atoms with Crippen molar-refractivity contribution < 1.29 is 14.3 Å². The number of hydrogen-bond acceptors (Lipinski definition) is 4. The third kappa shape index (κ3) is 4.40. The second kappa shape index (κ2) is 6.75. The van der Waals surface area contributed by atoms with E-state index in [4.69, 9.17) is 4.74 Å². The molecule has 6 heteroatoms. The van der Waals surface area contributed by atoms with Gasteiger partial charge in [-0.05, 0) is 6.92 Å². The Balaban J connectivity index is 2.17. The van der Waals surface area contributed by atoms with E-state index in [0.717, 1.165) is 0 Å². The van der Waals surface area contributed by atoms with Gasteiger partial charge in [0.05, 0.1) is 18.5 Å². The topological polar surface area (TPSA) is 58.6 Å². The number of amides is 2. The number of nitrogens with zero attached hydrogens (tertiary/aromatic N) is 1. The van der Waals surface area contributed by atoms with Crippen LogP contribution in [0.15, 0.2) is 0 Å². The molecule has 1 atom stereocenters. The van der Waals surface area contributed by atoms with Gasteiger partial charge in [-0.25, -0.2) is 0 Å². The van der Waals surface area contributed by atoms with Crippen LogP contribution in [0, 0.1) is 0 Å². The molecule has 1 aliphatic rings. The van der Waals surface area contributed by atoms with E-state index in [1.54, 1.807) is 11.8 Å². The molecule has 1 unspecified atom stereocenters. The van der Waals surface area contributed by atoms with Gasteiger partial charge in [0.1, 0.15) is 0 Å². The third-order valence-corrected chi connectivity index (χ3v) is 2.62. The van der Waals surface area contributed by atoms with Gasteiger partial charge in [-0.1, -0.05) is 0 Å². The quantitative estimate of drug-likeness (QED) is 0.668. The molecule has 0 saturated carbocycles. The standard InChI is InChI=1S/C10H18N2O3S/c1-8(16)10(14)11-3-2-9(13)12-4-6-15-7-5-12/h8,16H,2-7H2,1H3,(H,11,14). The first-order valence-corrected chi connectivity index (χ1v) is 5.94. The van der Waals surface area contributed by atoms with Crippen molar-refractivity contribution in [1.29, 1.82) is 0 Å². The largest absolute Gasteiger partial charge is 0.378 e. The fraction of sp³-hybridized carbons (Fsp3) is 0.800. The van der Waals surface area contributed by atoms with Crippen molar-refractivity contribution in [3.05, 3.63) is 0 Å². The molecule has 1 aliphatic heterocycles. The monoisotopic (exact) mass is 246 g/mol. The van der Waals surface area contributed by atoms with E-state index in [0.29, 0.717) is 39.3 Å². The molecule has 2 amide bonds. The van der Waals surface area contributed by atoms with Gasteiger partial charge in [0.15, 0.2) is 0 Å². The van der Waals surface area contributed by atoms with Crippen molar-refractivity contribution in [3.8, 4) is 0 Å². The van der Waals surface area contributed by atoms with Crippen LogP contribution in [-0.4, -0.2) is 54.8 Å². The summed E-state index contributed by atoms with van der Waals surface area (Å²) in [5.74, 6) is -0.0754. The molecule has 5 nitrogen and oxygen atoms in total. The number of thiol groups is 1. The first-order chi connectivity index (χ1) is 7.61. The summed E-state index contributed by atoms with van der Waals surface area (Å²) in [4.78, 5) is 24.6. The molecule has 1 N–H and O–H groups in total. The summed E-state index contributed by atoms with van der Waals surface area (Å²) in [6.45, 7) is 4.57. The Morgan fingerprint density at radius 1 is 1.44 bits per heavy atom. The summed E-state index contributed by atoms with van der Waals surface area (Å²) in [7, 11) is 0. The van der Waals surface area contributed by atoms with Crippen LogP contribution < -0.4 is 5.32 Å². The van der Waals surface area contributed by atoms with Crippen LogP contribution in [0.3, 0.4) is 0 Å². The molecule has 0 spiro atoms. The molecule has 1 fully saturated rings. The molecular formula is C10H18N2O3S. The molecule has 16 heavy (non-hydrogen) atoms. The second-order valence-electron chi connectivity index (χ2n) is 3.71. The van der Waals surface area contributed by atoms with Gasteiger partial charge >= 0.3 is 0 Å². The van der Waals surface area contributed by atoms with E-state index in [-0.39, 0.29) is 17.1 Å². The van der Waals surface area contributed by atoms with Gasteiger partial charge in [0.25, 0.3) is 0 Å². The minimum absolute atomic E-state index is 0.0652. The molecule has 1 saturated heterocycles. The molecule has 0 aromatic heterocycles. The molecule has 0 bridgehead atoms. The van der Waals surface area contributed by atoms with Crippen LogP contribution in [0.1, 0.15) is 13.3 Å². The van der Waals surface area contributed by atoms with Gasteiger partial charge in [-0.15, -0.1) is 0 Å². The van der Waals surface area contributed by atoms with Crippen molar-refractivity contribution in [2.24, 2.45) is 0 Å². The number of rotatable bonds is 4. The molecule has 1 heterocycles. The summed E-state index contributed by atoms with van der Waals surface area (Å²) in [5.41, 5.74) is 0. The van der Waals surface area contributed by atoms with Crippen LogP contribution in [0.25, 0.3) is 0 Å². The predicted molar refractivity (Wildman–Crippen MR) is 63.5 cm³/mol. The van der Waals surface area contributed by atoms with E-state index < -0.39 is 0 Å². The fourth-order valence-electron chi connectivity index (χ4n) is 1.41. The second-order valence-corrected chi connectivity index (χ2v) is 4.48. The van der Waals surface area contributed by atoms with E-state index >= 15 is 0 Å². The van der Waals surface area contributed by atoms with Gasteiger partial charge in [-0.3, -0.25) is 9.59 Å². The molecule has 1 rings (SSSR count). The van der Waals surface area contributed by atoms with Gasteiger partial charge in [0.2, 0.25) is 11.8 Å². The van der Waals surface area contributed by atoms with E-state index in [9.17, 15) is 9.59 Å². The third-order valence-electron chi connectivity index (χ3n) is 2.38. The molecule has 0 aromatic carbocycles. The van der Waals surface area contributed by atoms with Crippen LogP contribution >= 0.6 is 12.6 Å². The smallest absolute Gasteiger partial charge is 0.232 e. The normalized spacial score (nSPS) is 18.0. The first-order valence-electron chi connectivity index (χ1n) is 5.42. The lowest BCUT2D eigenvalue weighted by Gasteiger charge is -2.26. The average molecular weight is 246 g/mol. The van der Waals surface area contributed by atoms with Crippen molar-refractivity contribution in [2.75, 3.05) is 32.8 Å². The summed E-state index contributed by atoms with van der Waals surface area (Å²) < 4.78 is 5.15. The lowest BCUT2D eigenvalue weighted by atomic mass is 10.3. The number of hydrogen-bond donors (Lipinski definition) is 2. The minimum atomic E-state index is -0.335. The summed E-state index contributed by atoms with van der Waals surface area (Å²) >= 11 is 4.00. The Morgan fingerprint density at radius 2 is 2.06 bits per heavy atom. The van der Waals surface area contributed by atoms with E-state index in [2.05, 4.69) is 17.9 Å². The van der Waals surface area contributed by atoms with Gasteiger partial charge in [0, 0.05) is 26.1 Å².